The molecule has 2 aliphatic heterocycles. The van der Waals surface area contributed by atoms with Crippen LogP contribution in [0.5, 0.6) is 0 Å². The lowest BCUT2D eigenvalue weighted by Gasteiger charge is -2.28. The third kappa shape index (κ3) is 5.04. The Morgan fingerprint density at radius 3 is 2.30 bits per heavy atom. The van der Waals surface area contributed by atoms with Crippen LogP contribution in [0.2, 0.25) is 5.02 Å². The van der Waals surface area contributed by atoms with Crippen molar-refractivity contribution in [3.63, 3.8) is 0 Å². The summed E-state index contributed by atoms with van der Waals surface area (Å²) in [5.74, 6) is -0.272. The summed E-state index contributed by atoms with van der Waals surface area (Å²) < 4.78 is 1.78. The van der Waals surface area contributed by atoms with E-state index in [4.69, 9.17) is 16.6 Å². The average molecular weight is 475 g/mol. The predicted octanol–water partition coefficient (Wildman–Crippen LogP) is 4.68. The van der Waals surface area contributed by atoms with E-state index in [0.717, 1.165) is 11.4 Å². The van der Waals surface area contributed by atoms with Crippen LogP contribution in [0.4, 0.5) is 11.6 Å². The molecule has 0 fully saturated rings. The van der Waals surface area contributed by atoms with Crippen molar-refractivity contribution in [3.05, 3.63) is 40.2 Å². The topological polar surface area (TPSA) is 125 Å². The van der Waals surface area contributed by atoms with Crippen LogP contribution in [-0.2, 0) is 0 Å². The maximum atomic E-state index is 11.3. The normalized spacial score (nSPS) is 12.7. The molecule has 2 heterocycles. The van der Waals surface area contributed by atoms with Gasteiger partial charge in [0.2, 0.25) is 5.95 Å². The first-order chi connectivity index (χ1) is 15.5. The van der Waals surface area contributed by atoms with Gasteiger partial charge < -0.3 is 15.5 Å². The van der Waals surface area contributed by atoms with Crippen molar-refractivity contribution >= 4 is 29.2 Å². The highest BCUT2D eigenvalue weighted by Crippen LogP contribution is 2.35. The van der Waals surface area contributed by atoms with Crippen molar-refractivity contribution in [2.45, 2.75) is 59.4 Å². The summed E-state index contributed by atoms with van der Waals surface area (Å²) in [6.45, 7) is 12.2. The van der Waals surface area contributed by atoms with E-state index in [-0.39, 0.29) is 41.0 Å². The summed E-state index contributed by atoms with van der Waals surface area (Å²) in [4.78, 5) is 16.2. The number of carboxylic acids is 1. The van der Waals surface area contributed by atoms with Crippen LogP contribution in [0.15, 0.2) is 18.2 Å². The maximum absolute atomic E-state index is 11.3. The molecule has 10 heteroatoms. The minimum absolute atomic E-state index is 0.0202. The van der Waals surface area contributed by atoms with Gasteiger partial charge >= 0.3 is 5.97 Å². The van der Waals surface area contributed by atoms with E-state index in [2.05, 4.69) is 20.9 Å². The molecule has 3 rings (SSSR count). The number of nitrogens with one attached hydrogen (secondary N) is 2. The number of fused-ring (bicyclic) bond motifs is 1. The fourth-order valence-corrected chi connectivity index (χ4v) is 3.85. The lowest BCUT2D eigenvalue weighted by atomic mass is 10.0. The Balaban J connectivity index is 2.22. The van der Waals surface area contributed by atoms with Crippen molar-refractivity contribution < 1.29 is 15.0 Å². The zero-order valence-electron chi connectivity index (χ0n) is 19.7. The fourth-order valence-electron chi connectivity index (χ4n) is 3.59. The second kappa shape index (κ2) is 9.93. The van der Waals surface area contributed by atoms with Crippen molar-refractivity contribution in [2.24, 2.45) is 5.92 Å². The number of aliphatic hydroxyl groups is 1. The number of nitrogens with zero attached hydrogens (tertiary/aromatic N) is 4. The van der Waals surface area contributed by atoms with Crippen molar-refractivity contribution in [1.29, 1.82) is 0 Å². The number of carboxylic acid groups (broad SMARTS) is 1. The predicted molar refractivity (Wildman–Crippen MR) is 129 cm³/mol. The Morgan fingerprint density at radius 2 is 1.79 bits per heavy atom. The monoisotopic (exact) mass is 474 g/mol. The van der Waals surface area contributed by atoms with Gasteiger partial charge in [0.15, 0.2) is 0 Å². The standard InChI is InChI=1S/C23H31ClN6O3/c1-11(2)17(10-31)25-23-26-19-18(12(3)4)27-28-20(19)21(13(5)6)30(23)29-14-7-8-15(22(32)33)16(24)9-14/h7-9,11-13,17,29,31H,10H2,1-6H3,(H,25,26)(H,32,33). The van der Waals surface area contributed by atoms with Gasteiger partial charge in [0.05, 0.1) is 40.3 Å². The van der Waals surface area contributed by atoms with Crippen LogP contribution < -0.4 is 10.7 Å². The van der Waals surface area contributed by atoms with Gasteiger partial charge in [-0.1, -0.05) is 53.1 Å². The molecule has 0 amide bonds. The van der Waals surface area contributed by atoms with Crippen LogP contribution in [0, 0.1) is 5.92 Å². The van der Waals surface area contributed by atoms with Gasteiger partial charge in [-0.3, -0.25) is 5.43 Å². The molecule has 1 atom stereocenters. The molecule has 1 unspecified atom stereocenters. The fraction of sp³-hybridized carbons (Fsp3) is 0.478. The van der Waals surface area contributed by atoms with E-state index in [1.165, 1.54) is 6.07 Å². The first kappa shape index (κ1) is 24.7. The first-order valence-electron chi connectivity index (χ1n) is 11.0. The Morgan fingerprint density at radius 1 is 1.09 bits per heavy atom. The van der Waals surface area contributed by atoms with Crippen LogP contribution in [0.25, 0.3) is 11.4 Å². The van der Waals surface area contributed by atoms with Gasteiger partial charge in [0.25, 0.3) is 0 Å². The second-order valence-corrected chi connectivity index (χ2v) is 9.44. The number of carbonyl (C=O) groups is 1. The summed E-state index contributed by atoms with van der Waals surface area (Å²) >= 11 is 6.20. The summed E-state index contributed by atoms with van der Waals surface area (Å²) in [6, 6.07) is 4.41. The lowest BCUT2D eigenvalue weighted by molar-refractivity contribution is 0.0697. The molecule has 0 bridgehead atoms. The van der Waals surface area contributed by atoms with Crippen LogP contribution in [-0.4, -0.2) is 48.7 Å². The molecule has 0 saturated heterocycles. The zero-order chi connectivity index (χ0) is 24.4. The molecule has 0 radical (unpaired) electrons. The molecule has 0 saturated carbocycles. The molecule has 4 N–H and O–H groups in total. The number of hydrogen-bond donors (Lipinski definition) is 4. The van der Waals surface area contributed by atoms with Gasteiger partial charge in [-0.15, -0.1) is 5.10 Å². The Hall–Kier alpha value is -2.91. The second-order valence-electron chi connectivity index (χ2n) is 9.04. The van der Waals surface area contributed by atoms with Crippen molar-refractivity contribution in [1.82, 2.24) is 19.9 Å². The number of hydrogen-bond acceptors (Lipinski definition) is 7. The number of rotatable bonds is 9. The maximum Gasteiger partial charge on any atom is 0.337 e. The lowest BCUT2D eigenvalue weighted by Crippen LogP contribution is -2.34. The van der Waals surface area contributed by atoms with Gasteiger partial charge in [-0.05, 0) is 36.0 Å². The van der Waals surface area contributed by atoms with Crippen LogP contribution in [0.3, 0.4) is 0 Å². The highest BCUT2D eigenvalue weighted by Gasteiger charge is 2.29. The Labute approximate surface area is 198 Å². The van der Waals surface area contributed by atoms with E-state index in [1.807, 2.05) is 41.5 Å². The molecule has 1 aromatic rings. The Bertz CT molecular complexity index is 1110. The van der Waals surface area contributed by atoms with Gasteiger partial charge in [0, 0.05) is 0 Å². The van der Waals surface area contributed by atoms with Crippen molar-refractivity contribution in [3.8, 4) is 11.4 Å². The number of halogens is 1. The number of aromatic nitrogens is 4. The van der Waals surface area contributed by atoms with Gasteiger partial charge in [-0.2, -0.15) is 5.10 Å². The SMILES string of the molecule is CC(C)c1nnc2c(C(C)C)n(Nc3ccc(C(=O)O)c(Cl)c3)c(NC(CO)C(C)C)nc1-2. The van der Waals surface area contributed by atoms with E-state index in [0.29, 0.717) is 23.0 Å². The van der Waals surface area contributed by atoms with E-state index < -0.39 is 5.97 Å². The summed E-state index contributed by atoms with van der Waals surface area (Å²) in [5, 5.41) is 31.5. The summed E-state index contributed by atoms with van der Waals surface area (Å²) in [7, 11) is 0. The largest absolute Gasteiger partial charge is 0.478 e. The molecule has 9 nitrogen and oxygen atoms in total. The summed E-state index contributed by atoms with van der Waals surface area (Å²) in [6.07, 6.45) is 0. The first-order valence-corrected chi connectivity index (χ1v) is 11.4. The number of benzene rings is 1. The molecule has 0 aliphatic carbocycles. The summed E-state index contributed by atoms with van der Waals surface area (Å²) in [5.41, 5.74) is 6.95. The minimum atomic E-state index is -1.09. The highest BCUT2D eigenvalue weighted by atomic mass is 35.5. The molecule has 0 aromatic heterocycles. The van der Waals surface area contributed by atoms with Crippen molar-refractivity contribution in [2.75, 3.05) is 17.3 Å². The smallest absolute Gasteiger partial charge is 0.337 e. The Kier molecular flexibility index (Phi) is 7.44. The molecule has 33 heavy (non-hydrogen) atoms. The third-order valence-corrected chi connectivity index (χ3v) is 5.80. The molecular weight excluding hydrogens is 444 g/mol. The number of aliphatic hydroxyl groups excluding tert-OH is 1. The van der Waals surface area contributed by atoms with E-state index in [1.54, 1.807) is 16.8 Å². The van der Waals surface area contributed by atoms with E-state index in [9.17, 15) is 15.0 Å². The molecule has 1 aromatic carbocycles. The van der Waals surface area contributed by atoms with Gasteiger partial charge in [0.1, 0.15) is 11.4 Å². The number of aromatic carboxylic acids is 1. The molecule has 2 aliphatic rings. The van der Waals surface area contributed by atoms with Crippen LogP contribution in [0.1, 0.15) is 75.1 Å². The number of anilines is 2. The van der Waals surface area contributed by atoms with Crippen LogP contribution >= 0.6 is 11.6 Å². The molecule has 178 valence electrons. The average Bonchev–Trinajstić information content (AvgIpc) is 3.14. The van der Waals surface area contributed by atoms with Gasteiger partial charge in [-0.25, -0.2) is 14.5 Å². The molecule has 0 spiro atoms. The highest BCUT2D eigenvalue weighted by molar-refractivity contribution is 6.33. The minimum Gasteiger partial charge on any atom is -0.478 e. The third-order valence-electron chi connectivity index (χ3n) is 5.49. The van der Waals surface area contributed by atoms with E-state index >= 15 is 0 Å². The zero-order valence-corrected chi connectivity index (χ0v) is 20.5. The quantitative estimate of drug-likeness (QED) is 0.352. The molecular formula is C23H31ClN6O3.